The fourth-order valence-electron chi connectivity index (χ4n) is 2.38. The van der Waals surface area contributed by atoms with Gasteiger partial charge in [-0.15, -0.1) is 0 Å². The average Bonchev–Trinajstić information content (AvgIpc) is 2.46. The van der Waals surface area contributed by atoms with Crippen LogP contribution in [0.5, 0.6) is 0 Å². The smallest absolute Gasteiger partial charge is 0.254 e. The van der Waals surface area contributed by atoms with Crippen LogP contribution >= 0.6 is 0 Å². The number of carbonyl (C=O) groups is 1. The molecule has 1 amide bonds. The van der Waals surface area contributed by atoms with Gasteiger partial charge in [-0.25, -0.2) is 4.98 Å². The Hall–Kier alpha value is -1.58. The minimum atomic E-state index is 0.139. The van der Waals surface area contributed by atoms with Crippen molar-refractivity contribution in [3.05, 3.63) is 23.4 Å². The summed E-state index contributed by atoms with van der Waals surface area (Å²) < 4.78 is 0. The first-order valence-corrected chi connectivity index (χ1v) is 7.11. The molecule has 0 bridgehead atoms. The van der Waals surface area contributed by atoms with Gasteiger partial charge in [-0.1, -0.05) is 13.8 Å². The molecule has 2 heterocycles. The summed E-state index contributed by atoms with van der Waals surface area (Å²) in [4.78, 5) is 19.0. The molecular formula is C15H23N3O. The molecule has 1 fully saturated rings. The number of anilines is 1. The van der Waals surface area contributed by atoms with Crippen LogP contribution in [0.4, 0.5) is 5.82 Å². The van der Waals surface area contributed by atoms with Crippen molar-refractivity contribution in [2.75, 3.05) is 25.5 Å². The molecule has 0 aliphatic carbocycles. The van der Waals surface area contributed by atoms with Crippen LogP contribution in [-0.4, -0.2) is 35.9 Å². The van der Waals surface area contributed by atoms with E-state index < -0.39 is 0 Å². The molecule has 19 heavy (non-hydrogen) atoms. The van der Waals surface area contributed by atoms with Crippen LogP contribution < -0.4 is 5.32 Å². The van der Waals surface area contributed by atoms with Gasteiger partial charge in [-0.05, 0) is 37.3 Å². The fourth-order valence-corrected chi connectivity index (χ4v) is 2.38. The predicted octanol–water partition coefficient (Wildman–Crippen LogP) is 2.87. The Morgan fingerprint density at radius 3 is 2.53 bits per heavy atom. The van der Waals surface area contributed by atoms with Crippen LogP contribution in [-0.2, 0) is 0 Å². The second kappa shape index (κ2) is 6.04. The minimum absolute atomic E-state index is 0.139. The number of rotatable bonds is 3. The van der Waals surface area contributed by atoms with Gasteiger partial charge in [0, 0.05) is 31.4 Å². The Morgan fingerprint density at radius 2 is 1.95 bits per heavy atom. The van der Waals surface area contributed by atoms with Crippen molar-refractivity contribution in [2.24, 2.45) is 0 Å². The topological polar surface area (TPSA) is 45.2 Å². The average molecular weight is 261 g/mol. The van der Waals surface area contributed by atoms with E-state index in [1.54, 1.807) is 0 Å². The molecule has 4 nitrogen and oxygen atoms in total. The molecule has 1 aromatic heterocycles. The van der Waals surface area contributed by atoms with Crippen molar-refractivity contribution in [1.82, 2.24) is 9.88 Å². The number of amides is 1. The number of nitrogens with zero attached hydrogens (tertiary/aromatic N) is 2. The summed E-state index contributed by atoms with van der Waals surface area (Å²) in [7, 11) is 1.83. The molecular weight excluding hydrogens is 238 g/mol. The second-order valence-electron chi connectivity index (χ2n) is 5.42. The molecule has 104 valence electrons. The van der Waals surface area contributed by atoms with Crippen LogP contribution in [0.2, 0.25) is 0 Å². The quantitative estimate of drug-likeness (QED) is 0.910. The van der Waals surface area contributed by atoms with Crippen molar-refractivity contribution in [3.63, 3.8) is 0 Å². The zero-order valence-corrected chi connectivity index (χ0v) is 12.1. The van der Waals surface area contributed by atoms with Crippen LogP contribution in [0, 0.1) is 0 Å². The Morgan fingerprint density at radius 1 is 1.26 bits per heavy atom. The Balaban J connectivity index is 2.26. The van der Waals surface area contributed by atoms with E-state index >= 15 is 0 Å². The molecule has 1 N–H and O–H groups in total. The lowest BCUT2D eigenvalue weighted by atomic mass is 10.1. The van der Waals surface area contributed by atoms with Crippen LogP contribution in [0.15, 0.2) is 12.1 Å². The van der Waals surface area contributed by atoms with E-state index in [1.165, 1.54) is 6.42 Å². The van der Waals surface area contributed by atoms with Crippen LogP contribution in [0.3, 0.4) is 0 Å². The summed E-state index contributed by atoms with van der Waals surface area (Å²) >= 11 is 0. The van der Waals surface area contributed by atoms with Gasteiger partial charge < -0.3 is 10.2 Å². The third-order valence-corrected chi connectivity index (χ3v) is 3.58. The van der Waals surface area contributed by atoms with E-state index in [0.29, 0.717) is 5.92 Å². The zero-order chi connectivity index (χ0) is 13.8. The highest BCUT2D eigenvalue weighted by atomic mass is 16.2. The van der Waals surface area contributed by atoms with Gasteiger partial charge in [-0.2, -0.15) is 0 Å². The number of hydrogen-bond acceptors (Lipinski definition) is 3. The van der Waals surface area contributed by atoms with E-state index in [4.69, 9.17) is 0 Å². The van der Waals surface area contributed by atoms with E-state index in [1.807, 2.05) is 24.1 Å². The van der Waals surface area contributed by atoms with Crippen molar-refractivity contribution in [3.8, 4) is 0 Å². The molecule has 1 saturated heterocycles. The summed E-state index contributed by atoms with van der Waals surface area (Å²) in [6.45, 7) is 5.95. The van der Waals surface area contributed by atoms with Crippen molar-refractivity contribution >= 4 is 11.7 Å². The van der Waals surface area contributed by atoms with Gasteiger partial charge in [0.1, 0.15) is 5.82 Å². The monoisotopic (exact) mass is 261 g/mol. The molecule has 1 aliphatic rings. The number of piperidine rings is 1. The van der Waals surface area contributed by atoms with Crippen LogP contribution in [0.1, 0.15) is 55.1 Å². The summed E-state index contributed by atoms with van der Waals surface area (Å²) in [6, 6.07) is 3.78. The second-order valence-corrected chi connectivity index (χ2v) is 5.42. The third-order valence-electron chi connectivity index (χ3n) is 3.58. The molecule has 0 atom stereocenters. The first-order chi connectivity index (χ1) is 9.11. The van der Waals surface area contributed by atoms with E-state index in [0.717, 1.165) is 43.0 Å². The lowest BCUT2D eigenvalue weighted by molar-refractivity contribution is 0.0724. The van der Waals surface area contributed by atoms with Gasteiger partial charge in [0.15, 0.2) is 0 Å². The molecule has 0 unspecified atom stereocenters. The van der Waals surface area contributed by atoms with E-state index in [-0.39, 0.29) is 5.91 Å². The van der Waals surface area contributed by atoms with Crippen LogP contribution in [0.25, 0.3) is 0 Å². The lowest BCUT2D eigenvalue weighted by Crippen LogP contribution is -2.35. The van der Waals surface area contributed by atoms with Gasteiger partial charge in [0.05, 0.1) is 0 Å². The van der Waals surface area contributed by atoms with Crippen molar-refractivity contribution in [1.29, 1.82) is 0 Å². The first kappa shape index (κ1) is 13.8. The SMILES string of the molecule is CNc1cc(C(=O)N2CCCCC2)cc(C(C)C)n1. The number of pyridine rings is 1. The molecule has 1 aromatic rings. The molecule has 0 aromatic carbocycles. The molecule has 4 heteroatoms. The Kier molecular flexibility index (Phi) is 4.40. The van der Waals surface area contributed by atoms with E-state index in [2.05, 4.69) is 24.1 Å². The molecule has 2 rings (SSSR count). The maximum atomic E-state index is 12.5. The standard InChI is InChI=1S/C15H23N3O/c1-11(2)13-9-12(10-14(16-3)17-13)15(19)18-7-5-4-6-8-18/h9-11H,4-8H2,1-3H3,(H,16,17). The lowest BCUT2D eigenvalue weighted by Gasteiger charge is -2.27. The number of likely N-dealkylation sites (tertiary alicyclic amines) is 1. The Labute approximate surface area is 115 Å². The highest BCUT2D eigenvalue weighted by Gasteiger charge is 2.19. The number of hydrogen-bond donors (Lipinski definition) is 1. The van der Waals surface area contributed by atoms with Gasteiger partial charge in [0.25, 0.3) is 5.91 Å². The van der Waals surface area contributed by atoms with Gasteiger partial charge in [-0.3, -0.25) is 4.79 Å². The normalized spacial score (nSPS) is 15.7. The summed E-state index contributed by atoms with van der Waals surface area (Å²) in [6.07, 6.45) is 3.47. The summed E-state index contributed by atoms with van der Waals surface area (Å²) in [5.41, 5.74) is 1.72. The first-order valence-electron chi connectivity index (χ1n) is 7.11. The number of nitrogens with one attached hydrogen (secondary N) is 1. The van der Waals surface area contributed by atoms with Gasteiger partial charge in [0.2, 0.25) is 0 Å². The number of carbonyl (C=O) groups excluding carboxylic acids is 1. The predicted molar refractivity (Wildman–Crippen MR) is 77.6 cm³/mol. The van der Waals surface area contributed by atoms with Crippen molar-refractivity contribution in [2.45, 2.75) is 39.0 Å². The maximum Gasteiger partial charge on any atom is 0.254 e. The third kappa shape index (κ3) is 3.25. The summed E-state index contributed by atoms with van der Waals surface area (Å²) in [5, 5.41) is 3.04. The maximum absolute atomic E-state index is 12.5. The largest absolute Gasteiger partial charge is 0.373 e. The molecule has 0 saturated carbocycles. The number of aromatic nitrogens is 1. The minimum Gasteiger partial charge on any atom is -0.373 e. The highest BCUT2D eigenvalue weighted by Crippen LogP contribution is 2.20. The van der Waals surface area contributed by atoms with E-state index in [9.17, 15) is 4.79 Å². The van der Waals surface area contributed by atoms with Gasteiger partial charge >= 0.3 is 0 Å². The zero-order valence-electron chi connectivity index (χ0n) is 12.1. The Bertz CT molecular complexity index is 451. The molecule has 0 spiro atoms. The van der Waals surface area contributed by atoms with Crippen molar-refractivity contribution < 1.29 is 4.79 Å². The summed E-state index contributed by atoms with van der Waals surface area (Å²) in [5.74, 6) is 1.23. The fraction of sp³-hybridized carbons (Fsp3) is 0.600. The highest BCUT2D eigenvalue weighted by molar-refractivity contribution is 5.95. The molecule has 0 radical (unpaired) electrons. The molecule has 1 aliphatic heterocycles.